The zero-order valence-electron chi connectivity index (χ0n) is 5.69. The molecule has 0 aliphatic heterocycles. The van der Waals surface area contributed by atoms with Gasteiger partial charge in [-0.3, -0.25) is 4.79 Å². The molecule has 1 nitrogen and oxygen atoms in total. The Kier molecular flexibility index (Phi) is 8.49. The average Bonchev–Trinajstić information content (AvgIpc) is 1.84. The smallest absolute Gasteiger partial charge is 0.171 e. The van der Waals surface area contributed by atoms with Gasteiger partial charge in [0, 0.05) is 33.9 Å². The second kappa shape index (κ2) is 6.39. The van der Waals surface area contributed by atoms with Gasteiger partial charge in [-0.1, -0.05) is 11.6 Å². The molecule has 0 N–H and O–H groups in total. The quantitative estimate of drug-likeness (QED) is 0.545. The Morgan fingerprint density at radius 1 is 1.40 bits per heavy atom. The summed E-state index contributed by atoms with van der Waals surface area (Å²) in [5.74, 6) is 0.188. The third-order valence-electron chi connectivity index (χ3n) is 0.884. The fourth-order valence-electron chi connectivity index (χ4n) is 0.359. The van der Waals surface area contributed by atoms with Gasteiger partial charge in [0.05, 0.1) is 5.03 Å². The SMILES string of the molecule is CC(=O)C(Cl)=C(C)CCl.[Pt]. The summed E-state index contributed by atoms with van der Waals surface area (Å²) in [6.45, 7) is 3.15. The molecule has 0 radical (unpaired) electrons. The summed E-state index contributed by atoms with van der Waals surface area (Å²) in [4.78, 5) is 10.5. The van der Waals surface area contributed by atoms with Crippen molar-refractivity contribution < 1.29 is 25.9 Å². The van der Waals surface area contributed by atoms with Gasteiger partial charge >= 0.3 is 0 Å². The maximum atomic E-state index is 10.5. The summed E-state index contributed by atoms with van der Waals surface area (Å²) in [5.41, 5.74) is 0.728. The Bertz CT molecular complexity index is 154. The van der Waals surface area contributed by atoms with E-state index in [0.717, 1.165) is 5.57 Å². The molecule has 0 spiro atoms. The van der Waals surface area contributed by atoms with Crippen LogP contribution >= 0.6 is 23.2 Å². The molecule has 0 amide bonds. The first kappa shape index (κ1) is 13.3. The molecule has 0 fully saturated rings. The Morgan fingerprint density at radius 3 is 1.90 bits per heavy atom. The predicted molar refractivity (Wildman–Crippen MR) is 40.0 cm³/mol. The van der Waals surface area contributed by atoms with Crippen LogP contribution in [-0.2, 0) is 25.9 Å². The molecule has 0 saturated carbocycles. The van der Waals surface area contributed by atoms with Crippen molar-refractivity contribution in [3.8, 4) is 0 Å². The minimum absolute atomic E-state index is 0. The molecule has 0 rings (SSSR count). The number of ketones is 1. The first-order chi connectivity index (χ1) is 4.09. The third-order valence-corrected chi connectivity index (χ3v) is 1.87. The van der Waals surface area contributed by atoms with Crippen molar-refractivity contribution in [2.24, 2.45) is 0 Å². The van der Waals surface area contributed by atoms with E-state index in [1.807, 2.05) is 0 Å². The van der Waals surface area contributed by atoms with E-state index in [1.54, 1.807) is 6.92 Å². The van der Waals surface area contributed by atoms with Gasteiger partial charge < -0.3 is 0 Å². The van der Waals surface area contributed by atoms with E-state index in [0.29, 0.717) is 5.88 Å². The van der Waals surface area contributed by atoms with Gasteiger partial charge in [0.2, 0.25) is 0 Å². The van der Waals surface area contributed by atoms with Crippen molar-refractivity contribution in [2.45, 2.75) is 13.8 Å². The van der Waals surface area contributed by atoms with Crippen LogP contribution < -0.4 is 0 Å². The van der Waals surface area contributed by atoms with Crippen LogP contribution in [0.3, 0.4) is 0 Å². The van der Waals surface area contributed by atoms with Crippen molar-refractivity contribution >= 4 is 29.0 Å². The van der Waals surface area contributed by atoms with Crippen LogP contribution in [0.5, 0.6) is 0 Å². The van der Waals surface area contributed by atoms with Crippen molar-refractivity contribution in [3.63, 3.8) is 0 Å². The van der Waals surface area contributed by atoms with Gasteiger partial charge in [-0.25, -0.2) is 0 Å². The zero-order valence-corrected chi connectivity index (χ0v) is 9.47. The standard InChI is InChI=1S/C6H8Cl2O.Pt/c1-4(3-7)6(8)5(2)9;/h3H2,1-2H3;. The summed E-state index contributed by atoms with van der Waals surface area (Å²) in [6.07, 6.45) is 0. The van der Waals surface area contributed by atoms with E-state index in [4.69, 9.17) is 23.2 Å². The Hall–Kier alpha value is 0.678. The van der Waals surface area contributed by atoms with E-state index >= 15 is 0 Å². The third kappa shape index (κ3) is 4.49. The van der Waals surface area contributed by atoms with Crippen LogP contribution in [0.1, 0.15) is 13.8 Å². The van der Waals surface area contributed by atoms with Crippen molar-refractivity contribution in [1.82, 2.24) is 0 Å². The fourth-order valence-corrected chi connectivity index (χ4v) is 0.628. The summed E-state index contributed by atoms with van der Waals surface area (Å²) in [7, 11) is 0. The van der Waals surface area contributed by atoms with E-state index in [2.05, 4.69) is 0 Å². The molecular weight excluding hydrogens is 354 g/mol. The molecule has 62 valence electrons. The fraction of sp³-hybridized carbons (Fsp3) is 0.500. The largest absolute Gasteiger partial charge is 0.294 e. The summed E-state index contributed by atoms with van der Waals surface area (Å²) in [5, 5.41) is 0.255. The molecule has 0 aromatic carbocycles. The number of allylic oxidation sites excluding steroid dienone is 2. The van der Waals surface area contributed by atoms with Crippen LogP contribution in [-0.4, -0.2) is 11.7 Å². The minimum atomic E-state index is -0.130. The van der Waals surface area contributed by atoms with Crippen molar-refractivity contribution in [1.29, 1.82) is 0 Å². The van der Waals surface area contributed by atoms with E-state index in [-0.39, 0.29) is 31.9 Å². The van der Waals surface area contributed by atoms with E-state index < -0.39 is 0 Å². The molecule has 0 aromatic heterocycles. The molecule has 0 aliphatic carbocycles. The number of alkyl halides is 1. The van der Waals surface area contributed by atoms with Gasteiger partial charge in [0.25, 0.3) is 0 Å². The number of rotatable bonds is 2. The monoisotopic (exact) mass is 361 g/mol. The average molecular weight is 362 g/mol. The first-order valence-corrected chi connectivity index (χ1v) is 3.43. The topological polar surface area (TPSA) is 17.1 Å². The maximum absolute atomic E-state index is 10.5. The van der Waals surface area contributed by atoms with Gasteiger partial charge in [-0.05, 0) is 12.5 Å². The Labute approximate surface area is 85.0 Å². The molecule has 0 aromatic rings. The molecule has 0 bridgehead atoms. The molecular formula is C6H8Cl2OPt. The molecule has 0 unspecified atom stereocenters. The second-order valence-corrected chi connectivity index (χ2v) is 2.43. The number of carbonyl (C=O) groups excluding carboxylic acids is 1. The number of hydrogen-bond donors (Lipinski definition) is 0. The normalized spacial score (nSPS) is 11.6. The van der Waals surface area contributed by atoms with Gasteiger partial charge in [-0.2, -0.15) is 0 Å². The van der Waals surface area contributed by atoms with Gasteiger partial charge in [-0.15, -0.1) is 11.6 Å². The molecule has 0 aliphatic rings. The Morgan fingerprint density at radius 2 is 1.80 bits per heavy atom. The second-order valence-electron chi connectivity index (χ2n) is 1.78. The first-order valence-electron chi connectivity index (χ1n) is 2.51. The predicted octanol–water partition coefficient (Wildman–Crippen LogP) is 2.32. The number of carbonyl (C=O) groups is 1. The Balaban J connectivity index is 0. The van der Waals surface area contributed by atoms with Crippen molar-refractivity contribution in [3.05, 3.63) is 10.6 Å². The molecule has 0 saturated heterocycles. The zero-order chi connectivity index (χ0) is 7.44. The van der Waals surface area contributed by atoms with E-state index in [9.17, 15) is 4.79 Å². The van der Waals surface area contributed by atoms with Crippen LogP contribution in [0, 0.1) is 0 Å². The number of hydrogen-bond acceptors (Lipinski definition) is 1. The van der Waals surface area contributed by atoms with Gasteiger partial charge in [0.15, 0.2) is 5.78 Å². The molecule has 0 atom stereocenters. The number of Topliss-reactive ketones (excluding diaryl/α,β-unsaturated/α-hetero) is 1. The molecule has 4 heteroatoms. The van der Waals surface area contributed by atoms with Crippen LogP contribution in [0.25, 0.3) is 0 Å². The minimum Gasteiger partial charge on any atom is -0.294 e. The summed E-state index contributed by atoms with van der Waals surface area (Å²) < 4.78 is 0. The van der Waals surface area contributed by atoms with E-state index in [1.165, 1.54) is 6.92 Å². The number of halogens is 2. The summed E-state index contributed by atoms with van der Waals surface area (Å²) in [6, 6.07) is 0. The van der Waals surface area contributed by atoms with Crippen molar-refractivity contribution in [2.75, 3.05) is 5.88 Å². The van der Waals surface area contributed by atoms with Crippen LogP contribution in [0.15, 0.2) is 10.6 Å². The molecule has 0 heterocycles. The molecule has 10 heavy (non-hydrogen) atoms. The maximum Gasteiger partial charge on any atom is 0.171 e. The summed E-state index contributed by atoms with van der Waals surface area (Å²) >= 11 is 10.9. The van der Waals surface area contributed by atoms with Crippen LogP contribution in [0.4, 0.5) is 0 Å². The van der Waals surface area contributed by atoms with Gasteiger partial charge in [0.1, 0.15) is 0 Å². The van der Waals surface area contributed by atoms with Crippen LogP contribution in [0.2, 0.25) is 0 Å².